The third kappa shape index (κ3) is 1.84. The lowest BCUT2D eigenvalue weighted by molar-refractivity contribution is 0.729. The van der Waals surface area contributed by atoms with Crippen LogP contribution in [0, 0.1) is 0 Å². The van der Waals surface area contributed by atoms with Gasteiger partial charge >= 0.3 is 0 Å². The molecule has 0 N–H and O–H groups in total. The van der Waals surface area contributed by atoms with E-state index < -0.39 is 0 Å². The van der Waals surface area contributed by atoms with Crippen molar-refractivity contribution in [1.82, 2.24) is 9.78 Å². The van der Waals surface area contributed by atoms with Crippen LogP contribution in [0.1, 0.15) is 44.4 Å². The molecular weight excluding hydrogens is 196 g/mol. The Labute approximate surface area is 97.3 Å². The maximum atomic E-state index is 4.61. The third-order valence-electron chi connectivity index (χ3n) is 3.03. The van der Waals surface area contributed by atoms with Crippen molar-refractivity contribution in [3.05, 3.63) is 29.5 Å². The number of aryl methyl sites for hydroxylation is 2. The fraction of sp³-hybridized carbons (Fsp3) is 0.500. The van der Waals surface area contributed by atoms with Gasteiger partial charge in [0, 0.05) is 12.4 Å². The maximum absolute atomic E-state index is 4.61. The molecule has 16 heavy (non-hydrogen) atoms. The first-order valence-electron chi connectivity index (χ1n) is 6.09. The summed E-state index contributed by atoms with van der Waals surface area (Å²) in [5, 5.41) is 5.93. The lowest BCUT2D eigenvalue weighted by Crippen LogP contribution is -1.92. The summed E-state index contributed by atoms with van der Waals surface area (Å²) in [5.74, 6) is 0.487. The number of rotatable bonds is 3. The number of benzene rings is 1. The van der Waals surface area contributed by atoms with Gasteiger partial charge in [0.1, 0.15) is 0 Å². The molecule has 0 fully saturated rings. The number of fused-ring (bicyclic) bond motifs is 1. The van der Waals surface area contributed by atoms with Crippen molar-refractivity contribution >= 4 is 10.9 Å². The van der Waals surface area contributed by atoms with E-state index in [0.29, 0.717) is 5.92 Å². The van der Waals surface area contributed by atoms with Crippen LogP contribution in [0.4, 0.5) is 0 Å². The van der Waals surface area contributed by atoms with E-state index in [9.17, 15) is 0 Å². The number of hydrogen-bond acceptors (Lipinski definition) is 1. The van der Waals surface area contributed by atoms with Crippen LogP contribution >= 0.6 is 0 Å². The van der Waals surface area contributed by atoms with Gasteiger partial charge in [0.05, 0.1) is 11.2 Å². The molecule has 0 atom stereocenters. The Kier molecular flexibility index (Phi) is 2.99. The van der Waals surface area contributed by atoms with Gasteiger partial charge in [0.2, 0.25) is 0 Å². The van der Waals surface area contributed by atoms with Crippen molar-refractivity contribution in [2.75, 3.05) is 0 Å². The first kappa shape index (κ1) is 11.2. The van der Waals surface area contributed by atoms with Gasteiger partial charge in [-0.05, 0) is 30.0 Å². The smallest absolute Gasteiger partial charge is 0.0728 e. The Morgan fingerprint density at radius 2 is 2.06 bits per heavy atom. The molecule has 0 spiro atoms. The predicted molar refractivity (Wildman–Crippen MR) is 68.8 cm³/mol. The summed E-state index contributed by atoms with van der Waals surface area (Å²) in [5.41, 5.74) is 3.88. The summed E-state index contributed by atoms with van der Waals surface area (Å²) < 4.78 is 1.99. The lowest BCUT2D eigenvalue weighted by Gasteiger charge is -2.02. The van der Waals surface area contributed by atoms with E-state index in [1.165, 1.54) is 28.6 Å². The van der Waals surface area contributed by atoms with E-state index >= 15 is 0 Å². The monoisotopic (exact) mass is 216 g/mol. The maximum Gasteiger partial charge on any atom is 0.0728 e. The summed E-state index contributed by atoms with van der Waals surface area (Å²) in [6, 6.07) is 6.72. The quantitative estimate of drug-likeness (QED) is 0.765. The van der Waals surface area contributed by atoms with E-state index in [2.05, 4.69) is 44.1 Å². The number of nitrogens with zero attached hydrogens (tertiary/aromatic N) is 2. The van der Waals surface area contributed by atoms with E-state index in [1.807, 2.05) is 11.7 Å². The minimum Gasteiger partial charge on any atom is -0.268 e. The normalized spacial score (nSPS) is 11.6. The summed E-state index contributed by atoms with van der Waals surface area (Å²) in [6.07, 6.45) is 2.35. The van der Waals surface area contributed by atoms with Crippen LogP contribution in [0.3, 0.4) is 0 Å². The second-order valence-electron chi connectivity index (χ2n) is 4.77. The number of aromatic nitrogens is 2. The molecule has 0 aliphatic heterocycles. The molecule has 2 aromatic rings. The van der Waals surface area contributed by atoms with Crippen molar-refractivity contribution in [1.29, 1.82) is 0 Å². The number of hydrogen-bond donors (Lipinski definition) is 0. The first-order valence-corrected chi connectivity index (χ1v) is 6.09. The zero-order valence-corrected chi connectivity index (χ0v) is 10.6. The van der Waals surface area contributed by atoms with Gasteiger partial charge in [-0.25, -0.2) is 0 Å². The highest BCUT2D eigenvalue weighted by Crippen LogP contribution is 2.25. The van der Waals surface area contributed by atoms with Crippen LogP contribution in [0.2, 0.25) is 0 Å². The van der Waals surface area contributed by atoms with Crippen LogP contribution < -0.4 is 0 Å². The average Bonchev–Trinajstić information content (AvgIpc) is 2.57. The van der Waals surface area contributed by atoms with E-state index in [1.54, 1.807) is 0 Å². The molecule has 0 radical (unpaired) electrons. The largest absolute Gasteiger partial charge is 0.268 e. The summed E-state index contributed by atoms with van der Waals surface area (Å²) in [6.45, 7) is 6.62. The van der Waals surface area contributed by atoms with Crippen molar-refractivity contribution in [3.63, 3.8) is 0 Å². The second kappa shape index (κ2) is 4.28. The van der Waals surface area contributed by atoms with E-state index in [0.717, 1.165) is 6.42 Å². The molecule has 2 heteroatoms. The zero-order chi connectivity index (χ0) is 11.7. The molecule has 2 rings (SSSR count). The second-order valence-corrected chi connectivity index (χ2v) is 4.77. The predicted octanol–water partition coefficient (Wildman–Crippen LogP) is 3.65. The van der Waals surface area contributed by atoms with Crippen molar-refractivity contribution < 1.29 is 0 Å². The molecular formula is C14H20N2. The molecule has 1 aromatic heterocycles. The fourth-order valence-electron chi connectivity index (χ4n) is 2.21. The molecule has 1 heterocycles. The van der Waals surface area contributed by atoms with Gasteiger partial charge in [0.25, 0.3) is 0 Å². The molecule has 86 valence electrons. The molecule has 2 nitrogen and oxygen atoms in total. The molecule has 0 bridgehead atoms. The molecule has 0 aliphatic rings. The Morgan fingerprint density at radius 1 is 1.31 bits per heavy atom. The molecule has 1 aromatic carbocycles. The minimum atomic E-state index is 0.487. The van der Waals surface area contributed by atoms with Crippen LogP contribution in [0.25, 0.3) is 10.9 Å². The molecule has 0 saturated carbocycles. The fourth-order valence-corrected chi connectivity index (χ4v) is 2.21. The zero-order valence-electron chi connectivity index (χ0n) is 10.6. The van der Waals surface area contributed by atoms with Crippen molar-refractivity contribution in [2.45, 2.75) is 39.5 Å². The average molecular weight is 216 g/mol. The summed E-state index contributed by atoms with van der Waals surface area (Å²) >= 11 is 0. The summed E-state index contributed by atoms with van der Waals surface area (Å²) in [7, 11) is 2.02. The van der Waals surface area contributed by atoms with Gasteiger partial charge in [-0.15, -0.1) is 0 Å². The van der Waals surface area contributed by atoms with E-state index in [-0.39, 0.29) is 0 Å². The highest BCUT2D eigenvalue weighted by molar-refractivity contribution is 5.83. The van der Waals surface area contributed by atoms with Crippen molar-refractivity contribution in [2.24, 2.45) is 7.05 Å². The van der Waals surface area contributed by atoms with Gasteiger partial charge in [0.15, 0.2) is 0 Å². The minimum absolute atomic E-state index is 0.487. The van der Waals surface area contributed by atoms with Gasteiger partial charge < -0.3 is 0 Å². The van der Waals surface area contributed by atoms with Crippen LogP contribution in [0.15, 0.2) is 18.2 Å². The van der Waals surface area contributed by atoms with E-state index in [4.69, 9.17) is 0 Å². The van der Waals surface area contributed by atoms with Crippen LogP contribution in [-0.2, 0) is 13.5 Å². The lowest BCUT2D eigenvalue weighted by atomic mass is 10.0. The highest BCUT2D eigenvalue weighted by Gasteiger charge is 2.11. The highest BCUT2D eigenvalue weighted by atomic mass is 15.3. The first-order chi connectivity index (χ1) is 7.63. The van der Waals surface area contributed by atoms with Gasteiger partial charge in [-0.3, -0.25) is 4.68 Å². The molecule has 0 unspecified atom stereocenters. The Balaban J connectivity index is 2.60. The van der Waals surface area contributed by atoms with Gasteiger partial charge in [-0.1, -0.05) is 33.3 Å². The van der Waals surface area contributed by atoms with Crippen LogP contribution in [-0.4, -0.2) is 9.78 Å². The Morgan fingerprint density at radius 3 is 2.69 bits per heavy atom. The van der Waals surface area contributed by atoms with Crippen LogP contribution in [0.5, 0.6) is 0 Å². The topological polar surface area (TPSA) is 17.8 Å². The van der Waals surface area contributed by atoms with Crippen molar-refractivity contribution in [3.8, 4) is 0 Å². The molecule has 0 saturated heterocycles. The Hall–Kier alpha value is -1.31. The van der Waals surface area contributed by atoms with Gasteiger partial charge in [-0.2, -0.15) is 5.10 Å². The summed E-state index contributed by atoms with van der Waals surface area (Å²) in [4.78, 5) is 0. The third-order valence-corrected chi connectivity index (χ3v) is 3.03. The molecule has 0 amide bonds. The standard InChI is InChI=1S/C14H20N2/c1-5-6-11-7-8-13-12(9-11)14(10(2)3)15-16(13)4/h7-10H,5-6H2,1-4H3. The SMILES string of the molecule is CCCc1ccc2c(c1)c(C(C)C)nn2C. The Bertz CT molecular complexity index is 495. The molecule has 0 aliphatic carbocycles.